The van der Waals surface area contributed by atoms with Crippen LogP contribution in [0, 0.1) is 4.77 Å². The highest BCUT2D eigenvalue weighted by atomic mass is 35.5. The number of carbonyl (C=O) groups is 1. The van der Waals surface area contributed by atoms with Crippen molar-refractivity contribution in [3.05, 3.63) is 55.8 Å². The van der Waals surface area contributed by atoms with E-state index in [4.69, 9.17) is 23.8 Å². The van der Waals surface area contributed by atoms with Gasteiger partial charge in [0, 0.05) is 11.6 Å². The van der Waals surface area contributed by atoms with Crippen molar-refractivity contribution in [1.82, 2.24) is 24.4 Å². The minimum atomic E-state index is -0.932. The average molecular weight is 434 g/mol. The quantitative estimate of drug-likeness (QED) is 0.539. The van der Waals surface area contributed by atoms with Crippen LogP contribution in [-0.2, 0) is 6.54 Å². The summed E-state index contributed by atoms with van der Waals surface area (Å²) in [6.07, 6.45) is 4.03. The SMILES string of the molecule is O=C(O)N1CCCCC[C@@H]1c1cc(Cl)ccc1Cn1c(=S)[nH]c(=O)c2[nH]cnc21. The topological polar surface area (TPSA) is 107 Å². The lowest BCUT2D eigenvalue weighted by Crippen LogP contribution is -2.34. The third-order valence-electron chi connectivity index (χ3n) is 5.36. The van der Waals surface area contributed by atoms with Gasteiger partial charge in [-0.05, 0) is 48.3 Å². The molecule has 4 rings (SSSR count). The van der Waals surface area contributed by atoms with Crippen LogP contribution in [0.3, 0.4) is 0 Å². The molecule has 1 fully saturated rings. The molecule has 1 saturated heterocycles. The number of aromatic nitrogens is 4. The Hall–Kier alpha value is -2.65. The molecule has 10 heteroatoms. The van der Waals surface area contributed by atoms with Gasteiger partial charge in [-0.2, -0.15) is 0 Å². The molecule has 0 aliphatic carbocycles. The van der Waals surface area contributed by atoms with Crippen LogP contribution in [0.15, 0.2) is 29.3 Å². The first-order chi connectivity index (χ1) is 14.0. The molecule has 0 bridgehead atoms. The number of aromatic amines is 2. The molecule has 152 valence electrons. The number of nitrogens with zero attached hydrogens (tertiary/aromatic N) is 3. The van der Waals surface area contributed by atoms with Gasteiger partial charge < -0.3 is 15.0 Å². The number of hydrogen-bond donors (Lipinski definition) is 3. The molecular weight excluding hydrogens is 414 g/mol. The fourth-order valence-electron chi connectivity index (χ4n) is 3.98. The molecule has 29 heavy (non-hydrogen) atoms. The second-order valence-electron chi connectivity index (χ2n) is 7.13. The van der Waals surface area contributed by atoms with E-state index in [1.54, 1.807) is 10.6 Å². The molecule has 0 unspecified atom stereocenters. The van der Waals surface area contributed by atoms with Gasteiger partial charge in [0.1, 0.15) is 5.52 Å². The zero-order chi connectivity index (χ0) is 20.5. The van der Waals surface area contributed by atoms with E-state index in [0.29, 0.717) is 29.3 Å². The summed E-state index contributed by atoms with van der Waals surface area (Å²) in [5.41, 5.74) is 2.22. The maximum absolute atomic E-state index is 12.1. The molecule has 0 radical (unpaired) electrons. The molecule has 3 aromatic rings. The Labute approximate surface area is 176 Å². The highest BCUT2D eigenvalue weighted by molar-refractivity contribution is 7.71. The van der Waals surface area contributed by atoms with Crippen molar-refractivity contribution in [2.24, 2.45) is 0 Å². The van der Waals surface area contributed by atoms with Crippen LogP contribution in [0.2, 0.25) is 5.02 Å². The first kappa shape index (κ1) is 19.7. The fourth-order valence-corrected chi connectivity index (χ4v) is 4.40. The Morgan fingerprint density at radius 1 is 1.34 bits per heavy atom. The molecule has 2 aromatic heterocycles. The molecule has 1 aliphatic rings. The summed E-state index contributed by atoms with van der Waals surface area (Å²) >= 11 is 11.6. The van der Waals surface area contributed by atoms with E-state index in [0.717, 1.165) is 36.8 Å². The number of H-pyrrole nitrogens is 2. The van der Waals surface area contributed by atoms with Crippen LogP contribution in [0.25, 0.3) is 11.2 Å². The normalized spacial score (nSPS) is 17.4. The summed E-state index contributed by atoms with van der Waals surface area (Å²) in [5.74, 6) is 0. The second-order valence-corrected chi connectivity index (χ2v) is 7.95. The molecule has 1 amide bonds. The zero-order valence-corrected chi connectivity index (χ0v) is 17.1. The van der Waals surface area contributed by atoms with Crippen molar-refractivity contribution >= 4 is 41.1 Å². The number of benzene rings is 1. The van der Waals surface area contributed by atoms with E-state index in [2.05, 4.69) is 15.0 Å². The van der Waals surface area contributed by atoms with E-state index in [1.165, 1.54) is 11.2 Å². The summed E-state index contributed by atoms with van der Waals surface area (Å²) in [7, 11) is 0. The maximum atomic E-state index is 12.1. The highest BCUT2D eigenvalue weighted by Gasteiger charge is 2.28. The van der Waals surface area contributed by atoms with Crippen LogP contribution < -0.4 is 5.56 Å². The summed E-state index contributed by atoms with van der Waals surface area (Å²) in [5, 5.41) is 10.3. The van der Waals surface area contributed by atoms with E-state index < -0.39 is 6.09 Å². The molecule has 0 saturated carbocycles. The Morgan fingerprint density at radius 3 is 2.97 bits per heavy atom. The largest absolute Gasteiger partial charge is 0.465 e. The lowest BCUT2D eigenvalue weighted by atomic mass is 9.95. The van der Waals surface area contributed by atoms with Gasteiger partial charge in [0.05, 0.1) is 18.9 Å². The predicted molar refractivity (Wildman–Crippen MR) is 112 cm³/mol. The maximum Gasteiger partial charge on any atom is 0.407 e. The fraction of sp³-hybridized carbons (Fsp3) is 0.368. The van der Waals surface area contributed by atoms with Crippen LogP contribution in [0.1, 0.15) is 42.9 Å². The van der Waals surface area contributed by atoms with E-state index >= 15 is 0 Å². The van der Waals surface area contributed by atoms with Crippen LogP contribution >= 0.6 is 23.8 Å². The van der Waals surface area contributed by atoms with Crippen molar-refractivity contribution in [1.29, 1.82) is 0 Å². The number of likely N-dealkylation sites (tertiary alicyclic amines) is 1. The molecule has 3 N–H and O–H groups in total. The van der Waals surface area contributed by atoms with Gasteiger partial charge in [-0.15, -0.1) is 0 Å². The highest BCUT2D eigenvalue weighted by Crippen LogP contribution is 2.34. The first-order valence-corrected chi connectivity index (χ1v) is 10.2. The van der Waals surface area contributed by atoms with Crippen LogP contribution in [0.4, 0.5) is 4.79 Å². The number of nitrogens with one attached hydrogen (secondary N) is 2. The van der Waals surface area contributed by atoms with Crippen molar-refractivity contribution < 1.29 is 9.90 Å². The van der Waals surface area contributed by atoms with Gasteiger partial charge in [-0.1, -0.05) is 30.5 Å². The van der Waals surface area contributed by atoms with Crippen molar-refractivity contribution in [2.45, 2.75) is 38.3 Å². The molecule has 8 nitrogen and oxygen atoms in total. The standard InChI is InChI=1S/C19H20ClN5O3S/c20-12-6-5-11(9-25-16-15(21-10-22-16)17(26)23-18(25)29)13(8-12)14-4-2-1-3-7-24(14)19(27)28/h5-6,8,10,14H,1-4,7,9H2,(H,21,22)(H,27,28)(H,23,26,29)/t14-/m1/s1. The molecule has 3 heterocycles. The third-order valence-corrected chi connectivity index (χ3v) is 5.92. The first-order valence-electron chi connectivity index (χ1n) is 9.40. The smallest absolute Gasteiger partial charge is 0.407 e. The van der Waals surface area contributed by atoms with Crippen LogP contribution in [0.5, 0.6) is 0 Å². The van der Waals surface area contributed by atoms with Gasteiger partial charge in [0.2, 0.25) is 0 Å². The molecule has 1 aromatic carbocycles. The third kappa shape index (κ3) is 3.79. The lowest BCUT2D eigenvalue weighted by Gasteiger charge is -2.29. The van der Waals surface area contributed by atoms with Gasteiger partial charge in [-0.3, -0.25) is 14.3 Å². The molecule has 0 spiro atoms. The zero-order valence-electron chi connectivity index (χ0n) is 15.5. The Bertz CT molecular complexity index is 1180. The summed E-state index contributed by atoms with van der Waals surface area (Å²) in [4.78, 5) is 35.2. The number of rotatable bonds is 3. The Morgan fingerprint density at radius 2 is 2.17 bits per heavy atom. The van der Waals surface area contributed by atoms with E-state index in [1.807, 2.05) is 12.1 Å². The number of hydrogen-bond acceptors (Lipinski definition) is 4. The monoisotopic (exact) mass is 433 g/mol. The average Bonchev–Trinajstić information content (AvgIpc) is 3.04. The molecular formula is C19H20ClN5O3S. The summed E-state index contributed by atoms with van der Waals surface area (Å²) in [6, 6.07) is 5.21. The van der Waals surface area contributed by atoms with E-state index in [9.17, 15) is 14.7 Å². The summed E-state index contributed by atoms with van der Waals surface area (Å²) in [6.45, 7) is 0.834. The van der Waals surface area contributed by atoms with Gasteiger partial charge >= 0.3 is 6.09 Å². The number of amides is 1. The lowest BCUT2D eigenvalue weighted by molar-refractivity contribution is 0.125. The van der Waals surface area contributed by atoms with Gasteiger partial charge in [-0.25, -0.2) is 9.78 Å². The van der Waals surface area contributed by atoms with Gasteiger partial charge in [0.25, 0.3) is 5.56 Å². The number of fused-ring (bicyclic) bond motifs is 1. The van der Waals surface area contributed by atoms with Crippen LogP contribution in [-0.4, -0.2) is 42.2 Å². The van der Waals surface area contributed by atoms with Crippen molar-refractivity contribution in [3.63, 3.8) is 0 Å². The van der Waals surface area contributed by atoms with Crippen molar-refractivity contribution in [3.8, 4) is 0 Å². The molecule has 1 aliphatic heterocycles. The Kier molecular flexibility index (Phi) is 5.42. The van der Waals surface area contributed by atoms with Gasteiger partial charge in [0.15, 0.2) is 10.4 Å². The second kappa shape index (κ2) is 8.00. The van der Waals surface area contributed by atoms with Crippen molar-refractivity contribution in [2.75, 3.05) is 6.54 Å². The minimum absolute atomic E-state index is 0.256. The molecule has 1 atom stereocenters. The Balaban J connectivity index is 1.82. The number of halogens is 1. The number of imidazole rings is 1. The predicted octanol–water partition coefficient (Wildman–Crippen LogP) is 4.08. The minimum Gasteiger partial charge on any atom is -0.465 e. The number of carboxylic acid groups (broad SMARTS) is 1. The summed E-state index contributed by atoms with van der Waals surface area (Å²) < 4.78 is 1.99. The van der Waals surface area contributed by atoms with E-state index in [-0.39, 0.29) is 16.4 Å².